The van der Waals surface area contributed by atoms with Crippen molar-refractivity contribution in [2.45, 2.75) is 114 Å². The summed E-state index contributed by atoms with van der Waals surface area (Å²) in [5.74, 6) is -0.474. The minimum atomic E-state index is -0.711. The monoisotopic (exact) mass is 539 g/mol. The molecule has 3 heterocycles. The standard InChI is InChI=1S/C28H54ClN7O/c1-27(2,3)36-15-13-35(14-16-36)23-8-12-32-19-22(23)34-26(37)24(25(30)31)21-17-28(9-5-4-6-10-28)11-7-20(29)18-33-21/h20-25,32-33H,4-19,30-31H2,1-3H3,(H,34,37). The van der Waals surface area contributed by atoms with Crippen LogP contribution in [0.2, 0.25) is 0 Å². The van der Waals surface area contributed by atoms with Crippen molar-refractivity contribution in [1.29, 1.82) is 0 Å². The number of piperidine rings is 1. The number of alkyl halides is 1. The molecule has 214 valence electrons. The van der Waals surface area contributed by atoms with E-state index in [1.165, 1.54) is 32.1 Å². The number of rotatable bonds is 5. The molecule has 4 fully saturated rings. The van der Waals surface area contributed by atoms with Crippen LogP contribution in [0.1, 0.15) is 78.6 Å². The number of hydrogen-bond donors (Lipinski definition) is 5. The van der Waals surface area contributed by atoms with Gasteiger partial charge in [0.25, 0.3) is 0 Å². The van der Waals surface area contributed by atoms with Gasteiger partial charge in [-0.1, -0.05) is 19.3 Å². The highest BCUT2D eigenvalue weighted by Gasteiger charge is 2.43. The van der Waals surface area contributed by atoms with Crippen molar-refractivity contribution >= 4 is 17.5 Å². The largest absolute Gasteiger partial charge is 0.350 e. The van der Waals surface area contributed by atoms with Gasteiger partial charge in [-0.05, 0) is 71.3 Å². The fourth-order valence-corrected chi connectivity index (χ4v) is 7.75. The number of piperazine rings is 1. The van der Waals surface area contributed by atoms with Crippen LogP contribution in [0, 0.1) is 11.3 Å². The zero-order chi connectivity index (χ0) is 26.6. The van der Waals surface area contributed by atoms with E-state index in [0.29, 0.717) is 12.6 Å². The third-order valence-electron chi connectivity index (χ3n) is 9.81. The fourth-order valence-electron chi connectivity index (χ4n) is 7.55. The Bertz CT molecular complexity index is 731. The highest BCUT2D eigenvalue weighted by atomic mass is 35.5. The van der Waals surface area contributed by atoms with Crippen LogP contribution in [-0.4, -0.2) is 96.7 Å². The molecular formula is C28H54ClN7O. The second-order valence-electron chi connectivity index (χ2n) is 13.4. The van der Waals surface area contributed by atoms with E-state index < -0.39 is 12.1 Å². The Morgan fingerprint density at radius 3 is 2.38 bits per heavy atom. The van der Waals surface area contributed by atoms with Gasteiger partial charge in [0, 0.05) is 62.3 Å². The van der Waals surface area contributed by atoms with Gasteiger partial charge < -0.3 is 27.4 Å². The molecule has 5 unspecified atom stereocenters. The summed E-state index contributed by atoms with van der Waals surface area (Å²) in [6, 6.07) is 0.343. The quantitative estimate of drug-likeness (QED) is 0.267. The molecule has 0 radical (unpaired) electrons. The number of hydrogen-bond acceptors (Lipinski definition) is 7. The van der Waals surface area contributed by atoms with Crippen LogP contribution >= 0.6 is 11.6 Å². The second-order valence-corrected chi connectivity index (χ2v) is 14.0. The van der Waals surface area contributed by atoms with Crippen LogP contribution in [0.5, 0.6) is 0 Å². The third kappa shape index (κ3) is 7.59. The Hall–Kier alpha value is -0.480. The Kier molecular flexibility index (Phi) is 10.2. The van der Waals surface area contributed by atoms with E-state index in [-0.39, 0.29) is 34.3 Å². The Morgan fingerprint density at radius 2 is 1.73 bits per heavy atom. The summed E-state index contributed by atoms with van der Waals surface area (Å²) in [4.78, 5) is 19.1. The summed E-state index contributed by atoms with van der Waals surface area (Å²) >= 11 is 6.68. The molecule has 4 rings (SSSR count). The molecule has 7 N–H and O–H groups in total. The van der Waals surface area contributed by atoms with Crippen LogP contribution in [-0.2, 0) is 4.79 Å². The predicted molar refractivity (Wildman–Crippen MR) is 153 cm³/mol. The van der Waals surface area contributed by atoms with Crippen molar-refractivity contribution < 1.29 is 4.79 Å². The molecule has 3 aliphatic heterocycles. The van der Waals surface area contributed by atoms with Crippen LogP contribution in [0.15, 0.2) is 0 Å². The predicted octanol–water partition coefficient (Wildman–Crippen LogP) is 1.81. The van der Waals surface area contributed by atoms with Gasteiger partial charge in [0.2, 0.25) is 5.91 Å². The average molecular weight is 540 g/mol. The smallest absolute Gasteiger partial charge is 0.227 e. The number of nitrogens with one attached hydrogen (secondary N) is 3. The van der Waals surface area contributed by atoms with Crippen LogP contribution in [0.3, 0.4) is 0 Å². The van der Waals surface area contributed by atoms with Crippen molar-refractivity contribution in [3.8, 4) is 0 Å². The fraction of sp³-hybridized carbons (Fsp3) is 0.964. The summed E-state index contributed by atoms with van der Waals surface area (Å²) < 4.78 is 0. The lowest BCUT2D eigenvalue weighted by Gasteiger charge is -2.48. The first kappa shape index (κ1) is 29.5. The zero-order valence-electron chi connectivity index (χ0n) is 23.6. The van der Waals surface area contributed by atoms with Crippen molar-refractivity contribution in [3.05, 3.63) is 0 Å². The lowest BCUT2D eigenvalue weighted by Crippen LogP contribution is -2.66. The molecule has 0 aromatic heterocycles. The summed E-state index contributed by atoms with van der Waals surface area (Å²) in [7, 11) is 0. The third-order valence-corrected chi connectivity index (χ3v) is 10.2. The molecule has 1 saturated carbocycles. The van der Waals surface area contributed by atoms with Gasteiger partial charge in [-0.2, -0.15) is 0 Å². The second kappa shape index (κ2) is 12.8. The van der Waals surface area contributed by atoms with Gasteiger partial charge in [-0.25, -0.2) is 0 Å². The van der Waals surface area contributed by atoms with Gasteiger partial charge in [0.15, 0.2) is 0 Å². The normalized spacial score (nSPS) is 33.6. The Balaban J connectivity index is 1.44. The van der Waals surface area contributed by atoms with Crippen molar-refractivity contribution in [1.82, 2.24) is 25.8 Å². The molecule has 8 nitrogen and oxygen atoms in total. The maximum absolute atomic E-state index is 13.9. The Morgan fingerprint density at radius 1 is 1.03 bits per heavy atom. The molecular weight excluding hydrogens is 486 g/mol. The molecule has 4 aliphatic rings. The molecule has 9 heteroatoms. The molecule has 37 heavy (non-hydrogen) atoms. The molecule has 3 saturated heterocycles. The van der Waals surface area contributed by atoms with Gasteiger partial charge in [-0.3, -0.25) is 14.6 Å². The van der Waals surface area contributed by atoms with Crippen LogP contribution in [0.25, 0.3) is 0 Å². The number of carbonyl (C=O) groups excluding carboxylic acids is 1. The molecule has 5 atom stereocenters. The lowest BCUT2D eigenvalue weighted by molar-refractivity contribution is -0.128. The van der Waals surface area contributed by atoms with E-state index >= 15 is 0 Å². The van der Waals surface area contributed by atoms with Crippen molar-refractivity contribution in [3.63, 3.8) is 0 Å². The molecule has 1 aliphatic carbocycles. The van der Waals surface area contributed by atoms with E-state index in [1.807, 2.05) is 0 Å². The van der Waals surface area contributed by atoms with E-state index in [1.54, 1.807) is 0 Å². The molecule has 1 spiro atoms. The minimum Gasteiger partial charge on any atom is -0.350 e. The van der Waals surface area contributed by atoms with Gasteiger partial charge in [-0.15, -0.1) is 11.6 Å². The molecule has 1 amide bonds. The van der Waals surface area contributed by atoms with Gasteiger partial charge in [0.1, 0.15) is 0 Å². The molecule has 0 aromatic rings. The van der Waals surface area contributed by atoms with Crippen molar-refractivity contribution in [2.75, 3.05) is 45.8 Å². The van der Waals surface area contributed by atoms with E-state index in [4.69, 9.17) is 23.1 Å². The van der Waals surface area contributed by atoms with Crippen molar-refractivity contribution in [2.24, 2.45) is 22.8 Å². The molecule has 0 aromatic carbocycles. The maximum Gasteiger partial charge on any atom is 0.227 e. The minimum absolute atomic E-state index is 0.00261. The highest BCUT2D eigenvalue weighted by molar-refractivity contribution is 6.20. The molecule has 0 bridgehead atoms. The highest BCUT2D eigenvalue weighted by Crippen LogP contribution is 2.46. The van der Waals surface area contributed by atoms with Gasteiger partial charge >= 0.3 is 0 Å². The van der Waals surface area contributed by atoms with Crippen LogP contribution in [0.4, 0.5) is 0 Å². The first-order chi connectivity index (χ1) is 17.6. The summed E-state index contributed by atoms with van der Waals surface area (Å²) in [6.45, 7) is 13.6. The van der Waals surface area contributed by atoms with E-state index in [2.05, 4.69) is 46.5 Å². The number of halogens is 1. The van der Waals surface area contributed by atoms with Gasteiger partial charge in [0.05, 0.1) is 18.1 Å². The van der Waals surface area contributed by atoms with E-state index in [0.717, 1.165) is 65.0 Å². The maximum atomic E-state index is 13.9. The first-order valence-electron chi connectivity index (χ1n) is 15.0. The SMILES string of the molecule is CC(C)(C)N1CCN(C2CCNCC2NC(=O)C(C(N)N)C2CC3(CCCCC3)CCC(Cl)CN2)CC1. The first-order valence-corrected chi connectivity index (χ1v) is 15.4. The lowest BCUT2D eigenvalue weighted by atomic mass is 9.65. The number of amides is 1. The summed E-state index contributed by atoms with van der Waals surface area (Å²) in [5.41, 5.74) is 13.2. The number of carbonyl (C=O) groups is 1. The number of nitrogens with two attached hydrogens (primary N) is 2. The number of nitrogens with zero attached hydrogens (tertiary/aromatic N) is 2. The van der Waals surface area contributed by atoms with E-state index in [9.17, 15) is 4.79 Å². The van der Waals surface area contributed by atoms with Crippen LogP contribution < -0.4 is 27.4 Å². The topological polar surface area (TPSA) is 112 Å². The summed E-state index contributed by atoms with van der Waals surface area (Å²) in [6.07, 6.45) is 9.75. The Labute approximate surface area is 230 Å². The zero-order valence-corrected chi connectivity index (χ0v) is 24.4. The average Bonchev–Trinajstić information content (AvgIpc) is 2.85. The summed E-state index contributed by atoms with van der Waals surface area (Å²) in [5, 5.41) is 10.7.